The molecule has 0 aromatic heterocycles. The molecule has 0 rings (SSSR count). The molecule has 0 heterocycles. The molecule has 94 heavy (non-hydrogen) atoms. The number of aliphatic hydroxyl groups excluding tert-OH is 1. The highest BCUT2D eigenvalue weighted by atomic mass is 31.2. The Morgan fingerprint density at radius 3 is 0.660 bits per heavy atom. The van der Waals surface area contributed by atoms with Crippen molar-refractivity contribution in [1.82, 2.24) is 0 Å². The van der Waals surface area contributed by atoms with Crippen LogP contribution in [0.1, 0.15) is 376 Å². The van der Waals surface area contributed by atoms with Crippen molar-refractivity contribution >= 4 is 39.5 Å². The lowest BCUT2D eigenvalue weighted by atomic mass is 10.0. The van der Waals surface area contributed by atoms with Crippen LogP contribution in [-0.2, 0) is 65.4 Å². The van der Waals surface area contributed by atoms with Crippen LogP contribution >= 0.6 is 15.6 Å². The zero-order valence-electron chi connectivity index (χ0n) is 61.6. The molecular formula is C75H146O17P2. The average molecular weight is 1380 g/mol. The molecule has 0 spiro atoms. The van der Waals surface area contributed by atoms with Crippen LogP contribution in [0.25, 0.3) is 0 Å². The first kappa shape index (κ1) is 92.1. The molecule has 0 aliphatic rings. The van der Waals surface area contributed by atoms with Crippen LogP contribution in [0, 0.1) is 23.7 Å². The van der Waals surface area contributed by atoms with E-state index in [0.29, 0.717) is 37.5 Å². The SMILES string of the molecule is CC(C)CCCCCCCCCCCCCCCCCCC(=O)O[C@H](COC(=O)CCCCCCCCCCCCCCCC(C)C)COP(=O)(O)OC[C@@H](O)COP(=O)(O)OC[C@@H](COC(=O)CCCCCCCCC(C)C)OC(=O)CCCCCCCCCC(C)C. The predicted octanol–water partition coefficient (Wildman–Crippen LogP) is 21.7. The van der Waals surface area contributed by atoms with Gasteiger partial charge in [-0.1, -0.05) is 325 Å². The van der Waals surface area contributed by atoms with E-state index in [9.17, 15) is 43.2 Å². The van der Waals surface area contributed by atoms with E-state index in [0.717, 1.165) is 108 Å². The molecule has 0 aliphatic carbocycles. The largest absolute Gasteiger partial charge is 0.472 e. The van der Waals surface area contributed by atoms with Crippen LogP contribution in [0.5, 0.6) is 0 Å². The van der Waals surface area contributed by atoms with Crippen molar-refractivity contribution in [2.75, 3.05) is 39.6 Å². The summed E-state index contributed by atoms with van der Waals surface area (Å²) in [6.45, 7) is 14.1. The maximum atomic E-state index is 13.1. The van der Waals surface area contributed by atoms with Gasteiger partial charge in [0.05, 0.1) is 26.4 Å². The summed E-state index contributed by atoms with van der Waals surface area (Å²) >= 11 is 0. The second-order valence-electron chi connectivity index (χ2n) is 28.9. The second-order valence-corrected chi connectivity index (χ2v) is 31.9. The second kappa shape index (κ2) is 64.4. The zero-order chi connectivity index (χ0) is 69.6. The fraction of sp³-hybridized carbons (Fsp3) is 0.947. The van der Waals surface area contributed by atoms with Crippen molar-refractivity contribution in [3.8, 4) is 0 Å². The zero-order valence-corrected chi connectivity index (χ0v) is 63.4. The molecule has 0 aliphatic heterocycles. The van der Waals surface area contributed by atoms with Gasteiger partial charge in [-0.05, 0) is 49.4 Å². The molecule has 0 bridgehead atoms. The fourth-order valence-electron chi connectivity index (χ4n) is 11.4. The van der Waals surface area contributed by atoms with Crippen LogP contribution in [0.15, 0.2) is 0 Å². The van der Waals surface area contributed by atoms with Gasteiger partial charge in [-0.2, -0.15) is 0 Å². The summed E-state index contributed by atoms with van der Waals surface area (Å²) in [6.07, 6.45) is 48.9. The highest BCUT2D eigenvalue weighted by Gasteiger charge is 2.30. The lowest BCUT2D eigenvalue weighted by Gasteiger charge is -2.21. The van der Waals surface area contributed by atoms with Crippen molar-refractivity contribution in [1.29, 1.82) is 0 Å². The van der Waals surface area contributed by atoms with Crippen molar-refractivity contribution in [3.63, 3.8) is 0 Å². The normalized spacial score (nSPS) is 14.2. The lowest BCUT2D eigenvalue weighted by molar-refractivity contribution is -0.161. The maximum absolute atomic E-state index is 13.1. The van der Waals surface area contributed by atoms with Crippen molar-refractivity contribution in [2.24, 2.45) is 23.7 Å². The van der Waals surface area contributed by atoms with Gasteiger partial charge in [-0.3, -0.25) is 37.3 Å². The van der Waals surface area contributed by atoms with E-state index < -0.39 is 97.5 Å². The first-order chi connectivity index (χ1) is 45.1. The molecule has 0 amide bonds. The van der Waals surface area contributed by atoms with Gasteiger partial charge >= 0.3 is 39.5 Å². The molecule has 0 aromatic carbocycles. The van der Waals surface area contributed by atoms with E-state index in [-0.39, 0.29) is 25.7 Å². The minimum absolute atomic E-state index is 0.102. The Kier molecular flexibility index (Phi) is 63.1. The van der Waals surface area contributed by atoms with Gasteiger partial charge in [-0.15, -0.1) is 0 Å². The minimum atomic E-state index is -4.96. The summed E-state index contributed by atoms with van der Waals surface area (Å²) in [5.74, 6) is 0.849. The van der Waals surface area contributed by atoms with Crippen molar-refractivity contribution in [2.45, 2.75) is 395 Å². The van der Waals surface area contributed by atoms with Crippen LogP contribution in [0.2, 0.25) is 0 Å². The number of carbonyl (C=O) groups is 4. The summed E-state index contributed by atoms with van der Waals surface area (Å²) in [4.78, 5) is 72.7. The molecule has 19 heteroatoms. The number of esters is 4. The number of phosphoric acid groups is 2. The monoisotopic (exact) mass is 1380 g/mol. The predicted molar refractivity (Wildman–Crippen MR) is 381 cm³/mol. The minimum Gasteiger partial charge on any atom is -0.462 e. The van der Waals surface area contributed by atoms with Gasteiger partial charge in [-0.25, -0.2) is 9.13 Å². The van der Waals surface area contributed by atoms with Crippen LogP contribution in [-0.4, -0.2) is 96.7 Å². The van der Waals surface area contributed by atoms with Gasteiger partial charge in [0.25, 0.3) is 0 Å². The molecule has 558 valence electrons. The summed E-state index contributed by atoms with van der Waals surface area (Å²) < 4.78 is 68.4. The molecule has 3 N–H and O–H groups in total. The Bertz CT molecular complexity index is 1850. The Balaban J connectivity index is 5.21. The lowest BCUT2D eigenvalue weighted by Crippen LogP contribution is -2.30. The Morgan fingerprint density at radius 2 is 0.447 bits per heavy atom. The van der Waals surface area contributed by atoms with Gasteiger partial charge in [0, 0.05) is 25.7 Å². The number of hydrogen-bond acceptors (Lipinski definition) is 15. The van der Waals surface area contributed by atoms with E-state index >= 15 is 0 Å². The highest BCUT2D eigenvalue weighted by molar-refractivity contribution is 7.47. The van der Waals surface area contributed by atoms with Crippen molar-refractivity contribution < 1.29 is 80.2 Å². The fourth-order valence-corrected chi connectivity index (χ4v) is 13.0. The third-order valence-electron chi connectivity index (χ3n) is 17.3. The third-order valence-corrected chi connectivity index (χ3v) is 19.2. The van der Waals surface area contributed by atoms with Gasteiger partial charge in [0.1, 0.15) is 19.3 Å². The van der Waals surface area contributed by atoms with Crippen LogP contribution < -0.4 is 0 Å². The summed E-state index contributed by atoms with van der Waals surface area (Å²) in [6, 6.07) is 0. The topological polar surface area (TPSA) is 237 Å². The van der Waals surface area contributed by atoms with Crippen LogP contribution in [0.3, 0.4) is 0 Å². The Hall–Kier alpha value is -1.94. The smallest absolute Gasteiger partial charge is 0.462 e. The van der Waals surface area contributed by atoms with E-state index in [4.69, 9.17) is 37.0 Å². The highest BCUT2D eigenvalue weighted by Crippen LogP contribution is 2.45. The molecule has 0 aromatic rings. The van der Waals surface area contributed by atoms with Gasteiger partial charge in [0.15, 0.2) is 12.2 Å². The summed E-state index contributed by atoms with van der Waals surface area (Å²) in [5, 5.41) is 10.6. The number of carbonyl (C=O) groups excluding carboxylic acids is 4. The van der Waals surface area contributed by atoms with E-state index in [1.54, 1.807) is 0 Å². The molecule has 0 saturated carbocycles. The average Bonchev–Trinajstić information content (AvgIpc) is 2.62. The molecular weight excluding hydrogens is 1230 g/mol. The standard InChI is InChI=1S/C75H146O17P2/c1-65(2)51-43-35-27-22-18-14-11-9-10-12-16-21-25-31-41-49-57-74(79)91-70(61-85-72(77)55-47-39-30-24-20-17-13-15-19-23-28-36-44-52-66(3)4)63-89-93(81,82)87-59-69(76)60-88-94(83,84)90-64-71(62-86-73(78)56-48-40-34-33-38-46-54-68(7)8)92-75(80)58-50-42-32-26-29-37-45-53-67(5)6/h65-71,76H,9-64H2,1-8H3,(H,81,82)(H,83,84)/t69-,70-,71-/m1/s1. The summed E-state index contributed by atoms with van der Waals surface area (Å²) in [7, 11) is -9.91. The van der Waals surface area contributed by atoms with Crippen molar-refractivity contribution in [3.05, 3.63) is 0 Å². The van der Waals surface area contributed by atoms with Gasteiger partial charge in [0.2, 0.25) is 0 Å². The number of aliphatic hydroxyl groups is 1. The maximum Gasteiger partial charge on any atom is 0.472 e. The first-order valence-electron chi connectivity index (χ1n) is 38.7. The summed E-state index contributed by atoms with van der Waals surface area (Å²) in [5.41, 5.74) is 0. The number of rotatable bonds is 72. The Labute approximate surface area is 575 Å². The molecule has 0 radical (unpaired) electrons. The van der Waals surface area contributed by atoms with E-state index in [1.807, 2.05) is 0 Å². The number of hydrogen-bond donors (Lipinski definition) is 3. The molecule has 0 saturated heterocycles. The first-order valence-corrected chi connectivity index (χ1v) is 41.7. The molecule has 5 atom stereocenters. The molecule has 17 nitrogen and oxygen atoms in total. The molecule has 0 fully saturated rings. The number of phosphoric ester groups is 2. The molecule has 2 unspecified atom stereocenters. The quantitative estimate of drug-likeness (QED) is 0.0222. The van der Waals surface area contributed by atoms with E-state index in [2.05, 4.69) is 55.4 Å². The third kappa shape index (κ3) is 68.6. The number of unbranched alkanes of at least 4 members (excludes halogenated alkanes) is 38. The Morgan fingerprint density at radius 1 is 0.266 bits per heavy atom. The number of ether oxygens (including phenoxy) is 4. The van der Waals surface area contributed by atoms with E-state index in [1.165, 1.54) is 173 Å². The van der Waals surface area contributed by atoms with Gasteiger partial charge < -0.3 is 33.8 Å². The van der Waals surface area contributed by atoms with Crippen LogP contribution in [0.4, 0.5) is 0 Å².